The van der Waals surface area contributed by atoms with Crippen LogP contribution in [-0.2, 0) is 18.5 Å². The summed E-state index contributed by atoms with van der Waals surface area (Å²) in [5, 5.41) is 0. The van der Waals surface area contributed by atoms with Gasteiger partial charge in [-0.05, 0) is 47.5 Å². The summed E-state index contributed by atoms with van der Waals surface area (Å²) < 4.78 is 121. The SMILES string of the molecule is FC(F)(F)c1cc(-c2cccc(-n3ccnc3-c3ccccc3C(F)(F)F)c2)cc(C(F)(F)F)c1. The van der Waals surface area contributed by atoms with Crippen LogP contribution in [0.15, 0.2) is 79.1 Å². The van der Waals surface area contributed by atoms with Gasteiger partial charge in [-0.3, -0.25) is 4.57 Å². The van der Waals surface area contributed by atoms with Crippen molar-refractivity contribution in [3.63, 3.8) is 0 Å². The summed E-state index contributed by atoms with van der Waals surface area (Å²) in [6, 6.07) is 11.3. The second kappa shape index (κ2) is 8.47. The number of rotatable bonds is 3. The van der Waals surface area contributed by atoms with Gasteiger partial charge in [0, 0.05) is 23.6 Å². The molecule has 0 aliphatic heterocycles. The molecule has 4 rings (SSSR count). The van der Waals surface area contributed by atoms with Gasteiger partial charge in [0.05, 0.1) is 16.7 Å². The van der Waals surface area contributed by atoms with Crippen LogP contribution < -0.4 is 0 Å². The van der Waals surface area contributed by atoms with E-state index in [2.05, 4.69) is 4.98 Å². The van der Waals surface area contributed by atoms with E-state index in [0.717, 1.165) is 6.07 Å². The number of halogens is 9. The smallest absolute Gasteiger partial charge is 0.300 e. The highest BCUT2D eigenvalue weighted by atomic mass is 19.4. The molecule has 0 N–H and O–H groups in total. The molecule has 2 nitrogen and oxygen atoms in total. The minimum Gasteiger partial charge on any atom is -0.300 e. The molecule has 0 saturated heterocycles. The molecule has 0 bridgehead atoms. The van der Waals surface area contributed by atoms with Crippen LogP contribution in [0.3, 0.4) is 0 Å². The standard InChI is InChI=1S/C24H13F9N2/c25-22(26,27)16-10-15(11-17(13-16)23(28,29)30)14-4-3-5-18(12-14)35-9-8-34-21(35)19-6-1-2-7-20(19)24(31,32)33/h1-13H. The van der Waals surface area contributed by atoms with Gasteiger partial charge < -0.3 is 0 Å². The van der Waals surface area contributed by atoms with Crippen LogP contribution in [0, 0.1) is 0 Å². The second-order valence-corrected chi connectivity index (χ2v) is 7.51. The molecule has 0 saturated carbocycles. The van der Waals surface area contributed by atoms with Gasteiger partial charge in [-0.25, -0.2) is 4.98 Å². The van der Waals surface area contributed by atoms with Gasteiger partial charge in [-0.1, -0.05) is 30.3 Å². The van der Waals surface area contributed by atoms with Gasteiger partial charge in [0.1, 0.15) is 5.82 Å². The highest BCUT2D eigenvalue weighted by Gasteiger charge is 2.37. The molecule has 0 radical (unpaired) electrons. The van der Waals surface area contributed by atoms with Gasteiger partial charge >= 0.3 is 18.5 Å². The lowest BCUT2D eigenvalue weighted by Gasteiger charge is -2.16. The Balaban J connectivity index is 1.85. The van der Waals surface area contributed by atoms with Crippen molar-refractivity contribution in [2.45, 2.75) is 18.5 Å². The third-order valence-electron chi connectivity index (χ3n) is 5.16. The minimum absolute atomic E-state index is 0.00264. The van der Waals surface area contributed by atoms with E-state index < -0.39 is 35.2 Å². The molecule has 0 aliphatic rings. The lowest BCUT2D eigenvalue weighted by molar-refractivity contribution is -0.143. The maximum absolute atomic E-state index is 13.5. The van der Waals surface area contributed by atoms with E-state index in [-0.39, 0.29) is 34.3 Å². The van der Waals surface area contributed by atoms with E-state index in [1.807, 2.05) is 0 Å². The molecule has 0 atom stereocenters. The number of imidazole rings is 1. The highest BCUT2D eigenvalue weighted by Crippen LogP contribution is 2.40. The van der Waals surface area contributed by atoms with Crippen molar-refractivity contribution >= 4 is 0 Å². The fraction of sp³-hybridized carbons (Fsp3) is 0.125. The fourth-order valence-electron chi connectivity index (χ4n) is 3.59. The topological polar surface area (TPSA) is 17.8 Å². The summed E-state index contributed by atoms with van der Waals surface area (Å²) in [6.45, 7) is 0. The largest absolute Gasteiger partial charge is 0.417 e. The van der Waals surface area contributed by atoms with E-state index in [1.54, 1.807) is 0 Å². The number of hydrogen-bond donors (Lipinski definition) is 0. The van der Waals surface area contributed by atoms with Gasteiger partial charge in [0.15, 0.2) is 0 Å². The fourth-order valence-corrected chi connectivity index (χ4v) is 3.59. The van der Waals surface area contributed by atoms with E-state index in [1.165, 1.54) is 59.4 Å². The predicted octanol–water partition coefficient (Wildman–Crippen LogP) is 8.26. The zero-order valence-corrected chi connectivity index (χ0v) is 17.3. The van der Waals surface area contributed by atoms with Crippen LogP contribution in [0.5, 0.6) is 0 Å². The Hall–Kier alpha value is -3.76. The summed E-state index contributed by atoms with van der Waals surface area (Å²) in [4.78, 5) is 4.00. The van der Waals surface area contributed by atoms with Gasteiger partial charge in [-0.2, -0.15) is 39.5 Å². The van der Waals surface area contributed by atoms with Crippen LogP contribution in [0.25, 0.3) is 28.2 Å². The molecule has 0 fully saturated rings. The predicted molar refractivity (Wildman–Crippen MR) is 109 cm³/mol. The van der Waals surface area contributed by atoms with Crippen molar-refractivity contribution in [1.29, 1.82) is 0 Å². The van der Waals surface area contributed by atoms with Gasteiger partial charge in [-0.15, -0.1) is 0 Å². The molecular weight excluding hydrogens is 487 g/mol. The first-order chi connectivity index (χ1) is 16.2. The third-order valence-corrected chi connectivity index (χ3v) is 5.16. The van der Waals surface area contributed by atoms with Crippen molar-refractivity contribution in [3.8, 4) is 28.2 Å². The number of benzene rings is 3. The molecule has 35 heavy (non-hydrogen) atoms. The summed E-state index contributed by atoms with van der Waals surface area (Å²) in [7, 11) is 0. The Morgan fingerprint density at radius 1 is 0.600 bits per heavy atom. The summed E-state index contributed by atoms with van der Waals surface area (Å²) in [6.07, 6.45) is -12.1. The average Bonchev–Trinajstić information content (AvgIpc) is 3.27. The monoisotopic (exact) mass is 500 g/mol. The van der Waals surface area contributed by atoms with Crippen LogP contribution in [0.2, 0.25) is 0 Å². The van der Waals surface area contributed by atoms with Crippen LogP contribution in [-0.4, -0.2) is 9.55 Å². The maximum Gasteiger partial charge on any atom is 0.417 e. The molecule has 1 aromatic heterocycles. The Morgan fingerprint density at radius 2 is 1.23 bits per heavy atom. The zero-order chi connectivity index (χ0) is 25.6. The molecule has 0 spiro atoms. The number of nitrogens with zero attached hydrogens (tertiary/aromatic N) is 2. The lowest BCUT2D eigenvalue weighted by atomic mass is 9.98. The van der Waals surface area contributed by atoms with Crippen molar-refractivity contribution in [3.05, 3.63) is 95.8 Å². The molecule has 182 valence electrons. The Morgan fingerprint density at radius 3 is 1.83 bits per heavy atom. The van der Waals surface area contributed by atoms with Crippen molar-refractivity contribution in [2.75, 3.05) is 0 Å². The zero-order valence-electron chi connectivity index (χ0n) is 17.3. The van der Waals surface area contributed by atoms with E-state index >= 15 is 0 Å². The summed E-state index contributed by atoms with van der Waals surface area (Å²) >= 11 is 0. The Labute approximate surface area is 192 Å². The third kappa shape index (κ3) is 5.03. The molecule has 0 aliphatic carbocycles. The van der Waals surface area contributed by atoms with Crippen LogP contribution in [0.1, 0.15) is 16.7 Å². The van der Waals surface area contributed by atoms with Crippen molar-refractivity contribution in [1.82, 2.24) is 9.55 Å². The average molecular weight is 500 g/mol. The second-order valence-electron chi connectivity index (χ2n) is 7.51. The van der Waals surface area contributed by atoms with Gasteiger partial charge in [0.2, 0.25) is 0 Å². The first-order valence-corrected chi connectivity index (χ1v) is 9.85. The number of hydrogen-bond acceptors (Lipinski definition) is 1. The number of aromatic nitrogens is 2. The molecule has 4 aromatic rings. The highest BCUT2D eigenvalue weighted by molar-refractivity contribution is 5.70. The van der Waals surface area contributed by atoms with E-state index in [4.69, 9.17) is 0 Å². The van der Waals surface area contributed by atoms with Crippen molar-refractivity contribution < 1.29 is 39.5 Å². The lowest BCUT2D eigenvalue weighted by Crippen LogP contribution is -2.11. The van der Waals surface area contributed by atoms with E-state index in [9.17, 15) is 39.5 Å². The maximum atomic E-state index is 13.5. The van der Waals surface area contributed by atoms with Crippen LogP contribution >= 0.6 is 0 Å². The molecular formula is C24H13F9N2. The van der Waals surface area contributed by atoms with Crippen LogP contribution in [0.4, 0.5) is 39.5 Å². The molecule has 11 heteroatoms. The first kappa shape index (κ1) is 24.4. The molecule has 1 heterocycles. The Bertz CT molecular complexity index is 1330. The Kier molecular flexibility index (Phi) is 5.90. The summed E-state index contributed by atoms with van der Waals surface area (Å²) in [5.41, 5.74) is -4.30. The first-order valence-electron chi connectivity index (χ1n) is 9.85. The van der Waals surface area contributed by atoms with Gasteiger partial charge in [0.25, 0.3) is 0 Å². The van der Waals surface area contributed by atoms with Crippen molar-refractivity contribution in [2.24, 2.45) is 0 Å². The normalized spacial score (nSPS) is 12.7. The molecule has 0 amide bonds. The molecule has 0 unspecified atom stereocenters. The van der Waals surface area contributed by atoms with E-state index in [0.29, 0.717) is 12.1 Å². The summed E-state index contributed by atoms with van der Waals surface area (Å²) in [5.74, 6) is -0.102. The molecule has 3 aromatic carbocycles. The quantitative estimate of drug-likeness (QED) is 0.259. The number of alkyl halides is 9. The minimum atomic E-state index is -5.02.